The van der Waals surface area contributed by atoms with Crippen molar-refractivity contribution in [3.63, 3.8) is 0 Å². The standard InChI is InChI=1S/C11H10ClF4N/c12-8-1-2-9(13)7(5-8)6-17-10(3-4-10)11(14,15)16/h1-2,5,17H,3-4,6H2. The number of rotatable bonds is 3. The normalized spacial score (nSPS) is 18.2. The summed E-state index contributed by atoms with van der Waals surface area (Å²) >= 11 is 5.66. The maximum absolute atomic E-state index is 13.3. The van der Waals surface area contributed by atoms with E-state index in [4.69, 9.17) is 11.6 Å². The quantitative estimate of drug-likeness (QED) is 0.824. The third kappa shape index (κ3) is 2.55. The Hall–Kier alpha value is -0.810. The van der Waals surface area contributed by atoms with Crippen LogP contribution in [0.1, 0.15) is 18.4 Å². The SMILES string of the molecule is Fc1ccc(Cl)cc1CNC1(C(F)(F)F)CC1. The van der Waals surface area contributed by atoms with Crippen LogP contribution in [0.2, 0.25) is 5.02 Å². The molecular weight excluding hydrogens is 258 g/mol. The van der Waals surface area contributed by atoms with Crippen LogP contribution in [-0.4, -0.2) is 11.7 Å². The zero-order chi connectivity index (χ0) is 12.7. The fourth-order valence-electron chi connectivity index (χ4n) is 1.63. The van der Waals surface area contributed by atoms with Gasteiger partial charge in [0.15, 0.2) is 0 Å². The predicted molar refractivity (Wildman–Crippen MR) is 56.3 cm³/mol. The summed E-state index contributed by atoms with van der Waals surface area (Å²) in [7, 11) is 0. The van der Waals surface area contributed by atoms with Gasteiger partial charge < -0.3 is 0 Å². The molecule has 1 aliphatic rings. The molecule has 0 heterocycles. The Morgan fingerprint density at radius 2 is 1.94 bits per heavy atom. The van der Waals surface area contributed by atoms with Crippen LogP contribution >= 0.6 is 11.6 Å². The molecule has 94 valence electrons. The number of hydrogen-bond acceptors (Lipinski definition) is 1. The lowest BCUT2D eigenvalue weighted by Crippen LogP contribution is -2.44. The molecule has 0 saturated heterocycles. The second-order valence-corrected chi connectivity index (χ2v) is 4.61. The predicted octanol–water partition coefficient (Wildman–Crippen LogP) is 3.66. The maximum atomic E-state index is 13.3. The molecule has 0 spiro atoms. The molecule has 2 rings (SSSR count). The summed E-state index contributed by atoms with van der Waals surface area (Å²) in [4.78, 5) is 0. The number of nitrogens with one attached hydrogen (secondary N) is 1. The van der Waals surface area contributed by atoms with Crippen molar-refractivity contribution in [2.45, 2.75) is 31.1 Å². The molecule has 0 aromatic heterocycles. The molecule has 0 radical (unpaired) electrons. The van der Waals surface area contributed by atoms with Crippen LogP contribution < -0.4 is 5.32 Å². The van der Waals surface area contributed by atoms with Gasteiger partial charge in [0, 0.05) is 17.1 Å². The second-order valence-electron chi connectivity index (χ2n) is 4.17. The van der Waals surface area contributed by atoms with Crippen LogP contribution in [0.25, 0.3) is 0 Å². The van der Waals surface area contributed by atoms with E-state index in [2.05, 4.69) is 5.32 Å². The summed E-state index contributed by atoms with van der Waals surface area (Å²) in [5.41, 5.74) is -1.69. The number of halogens is 5. The van der Waals surface area contributed by atoms with Crippen molar-refractivity contribution in [1.82, 2.24) is 5.32 Å². The molecule has 0 aliphatic heterocycles. The van der Waals surface area contributed by atoms with Crippen molar-refractivity contribution >= 4 is 11.6 Å². The Morgan fingerprint density at radius 3 is 2.47 bits per heavy atom. The van der Waals surface area contributed by atoms with Gasteiger partial charge in [0.1, 0.15) is 11.4 Å². The van der Waals surface area contributed by atoms with E-state index in [1.54, 1.807) is 0 Å². The molecule has 0 amide bonds. The van der Waals surface area contributed by atoms with Crippen LogP contribution in [0.3, 0.4) is 0 Å². The first kappa shape index (κ1) is 12.6. The molecule has 0 atom stereocenters. The van der Waals surface area contributed by atoms with E-state index in [0.29, 0.717) is 5.02 Å². The van der Waals surface area contributed by atoms with Crippen LogP contribution in [0.15, 0.2) is 18.2 Å². The van der Waals surface area contributed by atoms with Crippen molar-refractivity contribution in [1.29, 1.82) is 0 Å². The van der Waals surface area contributed by atoms with Gasteiger partial charge in [-0.25, -0.2) is 4.39 Å². The third-order valence-electron chi connectivity index (χ3n) is 2.92. The topological polar surface area (TPSA) is 12.0 Å². The summed E-state index contributed by atoms with van der Waals surface area (Å²) in [6.07, 6.45) is -4.21. The second kappa shape index (κ2) is 4.14. The van der Waals surface area contributed by atoms with Gasteiger partial charge in [-0.1, -0.05) is 11.6 Å². The summed E-state index contributed by atoms with van der Waals surface area (Å²) in [6.45, 7) is -0.175. The maximum Gasteiger partial charge on any atom is 0.406 e. The molecule has 1 nitrogen and oxygen atoms in total. The highest BCUT2D eigenvalue weighted by Gasteiger charge is 2.62. The molecule has 0 bridgehead atoms. The minimum absolute atomic E-state index is 0.0404. The van der Waals surface area contributed by atoms with E-state index in [1.165, 1.54) is 12.1 Å². The highest BCUT2D eigenvalue weighted by molar-refractivity contribution is 6.30. The third-order valence-corrected chi connectivity index (χ3v) is 3.15. The fraction of sp³-hybridized carbons (Fsp3) is 0.455. The molecule has 1 aromatic carbocycles. The lowest BCUT2D eigenvalue weighted by atomic mass is 10.2. The van der Waals surface area contributed by atoms with Gasteiger partial charge in [-0.2, -0.15) is 13.2 Å². The molecule has 1 aliphatic carbocycles. The monoisotopic (exact) mass is 267 g/mol. The molecule has 1 saturated carbocycles. The molecule has 1 fully saturated rings. The number of benzene rings is 1. The van der Waals surface area contributed by atoms with Crippen LogP contribution in [0, 0.1) is 5.82 Å². The average Bonchev–Trinajstić information content (AvgIpc) is 2.99. The van der Waals surface area contributed by atoms with E-state index in [9.17, 15) is 17.6 Å². The highest BCUT2D eigenvalue weighted by Crippen LogP contribution is 2.49. The van der Waals surface area contributed by atoms with Gasteiger partial charge in [-0.3, -0.25) is 5.32 Å². The van der Waals surface area contributed by atoms with Gasteiger partial charge in [-0.05, 0) is 31.0 Å². The Bertz CT molecular complexity index is 426. The van der Waals surface area contributed by atoms with Crippen LogP contribution in [-0.2, 0) is 6.54 Å². The largest absolute Gasteiger partial charge is 0.406 e. The zero-order valence-corrected chi connectivity index (χ0v) is 9.50. The zero-order valence-electron chi connectivity index (χ0n) is 8.74. The van der Waals surface area contributed by atoms with Gasteiger partial charge >= 0.3 is 6.18 Å². The van der Waals surface area contributed by atoms with E-state index >= 15 is 0 Å². The number of alkyl halides is 3. The number of hydrogen-bond donors (Lipinski definition) is 1. The molecule has 1 N–H and O–H groups in total. The lowest BCUT2D eigenvalue weighted by molar-refractivity contribution is -0.166. The van der Waals surface area contributed by atoms with Crippen molar-refractivity contribution in [2.75, 3.05) is 0 Å². The summed E-state index contributed by atoms with van der Waals surface area (Å²) < 4.78 is 51.1. The minimum atomic E-state index is -4.29. The Balaban J connectivity index is 2.06. The first-order valence-electron chi connectivity index (χ1n) is 5.10. The fourth-order valence-corrected chi connectivity index (χ4v) is 1.82. The highest BCUT2D eigenvalue weighted by atomic mass is 35.5. The van der Waals surface area contributed by atoms with Crippen LogP contribution in [0.5, 0.6) is 0 Å². The molecule has 6 heteroatoms. The van der Waals surface area contributed by atoms with Gasteiger partial charge in [0.2, 0.25) is 0 Å². The van der Waals surface area contributed by atoms with E-state index in [-0.39, 0.29) is 24.9 Å². The summed E-state index contributed by atoms with van der Waals surface area (Å²) in [6, 6.07) is 3.83. The first-order valence-corrected chi connectivity index (χ1v) is 5.48. The van der Waals surface area contributed by atoms with E-state index in [0.717, 1.165) is 6.07 Å². The van der Waals surface area contributed by atoms with Crippen molar-refractivity contribution < 1.29 is 17.6 Å². The average molecular weight is 268 g/mol. The Morgan fingerprint density at radius 1 is 1.29 bits per heavy atom. The van der Waals surface area contributed by atoms with Crippen molar-refractivity contribution in [3.05, 3.63) is 34.6 Å². The van der Waals surface area contributed by atoms with E-state index < -0.39 is 17.5 Å². The van der Waals surface area contributed by atoms with Gasteiger partial charge in [0.05, 0.1) is 0 Å². The van der Waals surface area contributed by atoms with Gasteiger partial charge in [0.25, 0.3) is 0 Å². The minimum Gasteiger partial charge on any atom is -0.299 e. The van der Waals surface area contributed by atoms with Crippen LogP contribution in [0.4, 0.5) is 17.6 Å². The molecule has 0 unspecified atom stereocenters. The molecule has 17 heavy (non-hydrogen) atoms. The summed E-state index contributed by atoms with van der Waals surface area (Å²) in [5.74, 6) is -0.556. The summed E-state index contributed by atoms with van der Waals surface area (Å²) in [5, 5.41) is 2.68. The van der Waals surface area contributed by atoms with Gasteiger partial charge in [-0.15, -0.1) is 0 Å². The lowest BCUT2D eigenvalue weighted by Gasteiger charge is -2.20. The van der Waals surface area contributed by atoms with E-state index in [1.807, 2.05) is 0 Å². The Kier molecular flexibility index (Phi) is 3.08. The molecular formula is C11H10ClF4N. The van der Waals surface area contributed by atoms with Crippen molar-refractivity contribution in [2.24, 2.45) is 0 Å². The molecule has 1 aromatic rings. The smallest absolute Gasteiger partial charge is 0.299 e. The van der Waals surface area contributed by atoms with Crippen molar-refractivity contribution in [3.8, 4) is 0 Å². The first-order chi connectivity index (χ1) is 7.84. The Labute approximate surface area is 101 Å².